The number of imidazole rings is 1. The summed E-state index contributed by atoms with van der Waals surface area (Å²) in [6, 6.07) is 36.1. The molecule has 278 valence electrons. The van der Waals surface area contributed by atoms with Gasteiger partial charge in [0.2, 0.25) is 0 Å². The Morgan fingerprint density at radius 1 is 0.586 bits per heavy atom. The maximum atomic E-state index is 8.99. The van der Waals surface area contributed by atoms with Crippen LogP contribution in [0.5, 0.6) is 11.5 Å². The summed E-state index contributed by atoms with van der Waals surface area (Å²) in [5.74, 6) is 1.96. The number of para-hydroxylation sites is 4. The van der Waals surface area contributed by atoms with Gasteiger partial charge in [-0.1, -0.05) is 127 Å². The molecule has 0 atom stereocenters. The highest BCUT2D eigenvalue weighted by atomic mass is 16.5. The van der Waals surface area contributed by atoms with Gasteiger partial charge in [-0.3, -0.25) is 13.7 Å². The third-order valence-corrected chi connectivity index (χ3v) is 10.8. The molecule has 6 nitrogen and oxygen atoms in total. The Morgan fingerprint density at radius 3 is 2.14 bits per heavy atom. The largest absolute Gasteiger partial charge is 0.458 e. The van der Waals surface area contributed by atoms with Gasteiger partial charge in [-0.05, 0) is 83.6 Å². The topological polar surface area (TPSA) is 39.1 Å². The van der Waals surface area contributed by atoms with E-state index in [1.165, 1.54) is 18.9 Å². The number of aromatic nitrogens is 4. The molecule has 0 radical (unpaired) electrons. The van der Waals surface area contributed by atoms with E-state index in [0.29, 0.717) is 28.2 Å². The number of ether oxygens (including phenoxy) is 1. The number of anilines is 1. The fraction of sp³-hybridized carbons (Fsp3) is 0.0769. The first-order chi connectivity index (χ1) is 32.5. The van der Waals surface area contributed by atoms with Gasteiger partial charge in [-0.25, -0.2) is 4.98 Å². The van der Waals surface area contributed by atoms with Crippen LogP contribution in [-0.4, -0.2) is 27.2 Å². The molecule has 6 heteroatoms. The van der Waals surface area contributed by atoms with Gasteiger partial charge >= 0.3 is 0 Å². The first kappa shape index (κ1) is 25.7. The lowest BCUT2D eigenvalue weighted by Gasteiger charge is -2.17. The van der Waals surface area contributed by atoms with Gasteiger partial charge in [0.15, 0.2) is 0 Å². The van der Waals surface area contributed by atoms with Gasteiger partial charge in [-0.15, -0.1) is 0 Å². The third kappa shape index (κ3) is 5.89. The van der Waals surface area contributed by atoms with E-state index in [1.807, 2.05) is 83.6 Å². The van der Waals surface area contributed by atoms with E-state index in [-0.39, 0.29) is 52.1 Å². The van der Waals surface area contributed by atoms with Crippen LogP contribution in [-0.2, 0) is 0 Å². The highest BCUT2D eigenvalue weighted by Crippen LogP contribution is 2.37. The minimum absolute atomic E-state index is 0.0456. The van der Waals surface area contributed by atoms with Crippen LogP contribution in [0.1, 0.15) is 25.2 Å². The van der Waals surface area contributed by atoms with Crippen LogP contribution in [0.2, 0.25) is 0 Å². The Hall–Kier alpha value is -7.44. The first-order valence-corrected chi connectivity index (χ1v) is 19.2. The Balaban J connectivity index is 1.05. The zero-order valence-electron chi connectivity index (χ0n) is 40.2. The maximum absolute atomic E-state index is 8.99. The average molecular weight is 759 g/mol. The summed E-state index contributed by atoms with van der Waals surface area (Å²) < 4.78 is 90.4. The summed E-state index contributed by atoms with van der Waals surface area (Å²) >= 11 is 0. The highest BCUT2D eigenvalue weighted by molar-refractivity contribution is 6.09. The number of fused-ring (bicyclic) bond motifs is 4. The van der Waals surface area contributed by atoms with E-state index in [2.05, 4.69) is 46.1 Å². The van der Waals surface area contributed by atoms with Crippen molar-refractivity contribution >= 4 is 38.5 Å². The molecular formula is C52H39N5O. The third-order valence-electron chi connectivity index (χ3n) is 10.8. The second kappa shape index (κ2) is 14.3. The van der Waals surface area contributed by atoms with Gasteiger partial charge in [-0.2, -0.15) is 0 Å². The van der Waals surface area contributed by atoms with Crippen LogP contribution in [0.25, 0.3) is 72.3 Å². The minimum atomic E-state index is -0.539. The Bertz CT molecular complexity index is 3610. The molecule has 1 aliphatic heterocycles. The summed E-state index contributed by atoms with van der Waals surface area (Å²) in [6.45, 7) is 2.07. The second-order valence-corrected chi connectivity index (χ2v) is 14.2. The molecule has 1 saturated heterocycles. The molecule has 58 heavy (non-hydrogen) atoms. The predicted molar refractivity (Wildman–Crippen MR) is 235 cm³/mol. The molecule has 0 aliphatic carbocycles. The van der Waals surface area contributed by atoms with Crippen LogP contribution in [0, 0.1) is 6.33 Å². The van der Waals surface area contributed by atoms with Crippen molar-refractivity contribution in [3.63, 3.8) is 0 Å². The van der Waals surface area contributed by atoms with Crippen LogP contribution >= 0.6 is 0 Å². The Kier molecular flexibility index (Phi) is 6.31. The smallest absolute Gasteiger partial charge is 0.269 e. The van der Waals surface area contributed by atoms with E-state index in [9.17, 15) is 0 Å². The lowest BCUT2D eigenvalue weighted by atomic mass is 9.95. The first-order valence-electron chi connectivity index (χ1n) is 23.7. The van der Waals surface area contributed by atoms with E-state index in [1.54, 1.807) is 22.8 Å². The van der Waals surface area contributed by atoms with Crippen molar-refractivity contribution in [1.82, 2.24) is 14.1 Å². The monoisotopic (exact) mass is 758 g/mol. The Morgan fingerprint density at radius 2 is 1.31 bits per heavy atom. The van der Waals surface area contributed by atoms with Crippen molar-refractivity contribution in [2.45, 2.75) is 12.8 Å². The normalized spacial score (nSPS) is 15.0. The van der Waals surface area contributed by atoms with Gasteiger partial charge < -0.3 is 9.64 Å². The van der Waals surface area contributed by atoms with Gasteiger partial charge in [0.05, 0.1) is 57.7 Å². The molecule has 0 saturated carbocycles. The molecule has 1 aliphatic rings. The molecule has 0 bridgehead atoms. The van der Waals surface area contributed by atoms with Crippen molar-refractivity contribution in [3.8, 4) is 50.9 Å². The fourth-order valence-electron chi connectivity index (χ4n) is 8.17. The van der Waals surface area contributed by atoms with Crippen LogP contribution in [0.4, 0.5) is 5.69 Å². The van der Waals surface area contributed by atoms with Gasteiger partial charge in [0, 0.05) is 29.9 Å². The summed E-state index contributed by atoms with van der Waals surface area (Å²) in [6.07, 6.45) is 7.80. The fourth-order valence-corrected chi connectivity index (χ4v) is 8.17. The molecule has 3 aromatic heterocycles. The van der Waals surface area contributed by atoms with E-state index < -0.39 is 30.2 Å². The van der Waals surface area contributed by atoms with E-state index in [4.69, 9.17) is 22.1 Å². The van der Waals surface area contributed by atoms with Gasteiger partial charge in [0.25, 0.3) is 6.33 Å². The maximum Gasteiger partial charge on any atom is 0.269 e. The van der Waals surface area contributed by atoms with Crippen LogP contribution < -0.4 is 14.2 Å². The van der Waals surface area contributed by atoms with Crippen molar-refractivity contribution in [2.24, 2.45) is 0 Å². The summed E-state index contributed by atoms with van der Waals surface area (Å²) in [4.78, 5) is 7.32. The number of hydrogen-bond acceptors (Lipinski definition) is 3. The lowest BCUT2D eigenvalue weighted by molar-refractivity contribution is -0.571. The van der Waals surface area contributed by atoms with Crippen molar-refractivity contribution in [1.29, 1.82) is 0 Å². The number of nitrogens with zero attached hydrogens (tertiary/aromatic N) is 5. The molecule has 10 aromatic rings. The second-order valence-electron chi connectivity index (χ2n) is 14.2. The number of pyridine rings is 1. The van der Waals surface area contributed by atoms with Crippen molar-refractivity contribution < 1.29 is 21.6 Å². The zero-order chi connectivity index (χ0) is 46.2. The summed E-state index contributed by atoms with van der Waals surface area (Å²) in [7, 11) is 0. The molecule has 7 aromatic carbocycles. The predicted octanol–water partition coefficient (Wildman–Crippen LogP) is 11.9. The Labute approximate surface area is 349 Å². The lowest BCUT2D eigenvalue weighted by Crippen LogP contribution is -2.31. The van der Waals surface area contributed by atoms with Crippen LogP contribution in [0.15, 0.2) is 188 Å². The highest BCUT2D eigenvalue weighted by Gasteiger charge is 2.20. The molecule has 0 amide bonds. The number of rotatable bonds is 8. The molecular weight excluding hydrogens is 711 g/mol. The molecule has 4 heterocycles. The van der Waals surface area contributed by atoms with E-state index in [0.717, 1.165) is 46.4 Å². The average Bonchev–Trinajstić information content (AvgIpc) is 4.10. The van der Waals surface area contributed by atoms with Crippen LogP contribution in [0.3, 0.4) is 0 Å². The molecule has 0 N–H and O–H groups in total. The molecule has 1 fully saturated rings. The quantitative estimate of drug-likeness (QED) is 0.114. The molecule has 0 unspecified atom stereocenters. The minimum Gasteiger partial charge on any atom is -0.458 e. The molecule has 0 spiro atoms. The number of benzene rings is 7. The SMILES string of the molecule is [2H]c1cc([2H])c(-c2cccc(-c3c([2H])c([2H])c([2H])c([2H])c3[2H])c2-[n+]2[c-]n(-c3cccc(Oc4ccc5c6ccccc6n(-c6ccc(N7CCCC7)cn6)c5c4)c3)c3ccccc32)c([2H])c1[2H]. The summed E-state index contributed by atoms with van der Waals surface area (Å²) in [5, 5.41) is 2.16. The number of hydrogen-bond donors (Lipinski definition) is 0. The van der Waals surface area contributed by atoms with E-state index >= 15 is 0 Å². The van der Waals surface area contributed by atoms with Crippen molar-refractivity contribution in [2.75, 3.05) is 18.0 Å². The zero-order valence-corrected chi connectivity index (χ0v) is 31.2. The van der Waals surface area contributed by atoms with Gasteiger partial charge in [0.1, 0.15) is 17.3 Å². The van der Waals surface area contributed by atoms with Crippen molar-refractivity contribution in [3.05, 3.63) is 194 Å². The standard InChI is InChI=1S/C52H39N5O/c1-3-15-37(16-4-1)43-22-14-23-44(38-17-5-2-6-18-38)52(43)56-36-55(48-25-9-10-26-49(48)56)39-19-13-20-41(33-39)58-42-28-29-46-45-21-7-8-24-47(45)57(50(46)34-42)51-30-27-40(35-53-51)54-31-11-12-32-54/h1-10,13-30,33-35H,11-12,31-32H2/i1D,2D,3D,4D,5D,15D,16D,17D,18D. The molecule has 11 rings (SSSR count). The summed E-state index contributed by atoms with van der Waals surface area (Å²) in [5.41, 5.74) is 5.79.